The summed E-state index contributed by atoms with van der Waals surface area (Å²) in [5.41, 5.74) is 1.23. The Morgan fingerprint density at radius 1 is 1.22 bits per heavy atom. The zero-order chi connectivity index (χ0) is 19.4. The predicted octanol–water partition coefficient (Wildman–Crippen LogP) is 2.88. The molecule has 3 rings (SSSR count). The highest BCUT2D eigenvalue weighted by Crippen LogP contribution is 2.24. The largest absolute Gasteiger partial charge is 0.450 e. The van der Waals surface area contributed by atoms with Gasteiger partial charge < -0.3 is 14.4 Å². The Morgan fingerprint density at radius 2 is 1.93 bits per heavy atom. The predicted molar refractivity (Wildman–Crippen MR) is 99.2 cm³/mol. The Morgan fingerprint density at radius 3 is 2.63 bits per heavy atom. The molecule has 1 aromatic carbocycles. The summed E-state index contributed by atoms with van der Waals surface area (Å²) in [5, 5.41) is 0. The van der Waals surface area contributed by atoms with Crippen molar-refractivity contribution in [3.63, 3.8) is 0 Å². The molecule has 1 aliphatic heterocycles. The molecule has 2 atom stereocenters. The van der Waals surface area contributed by atoms with Gasteiger partial charge in [-0.15, -0.1) is 0 Å². The molecular weight excluding hydrogens is 346 g/mol. The number of cyclic esters (lactones) is 1. The highest BCUT2D eigenvalue weighted by molar-refractivity contribution is 5.95. The number of carbonyl (C=O) groups excluding carboxylic acids is 3. The fourth-order valence-corrected chi connectivity index (χ4v) is 3.98. The SMILES string of the molecule is CCN(C(=O)[C@@H](C)OC(=O)[C@H]1Cc2ccccc2C(=O)O1)C1CCCCC1. The normalized spacial score (nSPS) is 21.0. The first-order valence-electron chi connectivity index (χ1n) is 9.81. The third kappa shape index (κ3) is 4.31. The van der Waals surface area contributed by atoms with Gasteiger partial charge in [-0.2, -0.15) is 0 Å². The number of amides is 1. The van der Waals surface area contributed by atoms with Crippen molar-refractivity contribution in [1.29, 1.82) is 0 Å². The molecule has 27 heavy (non-hydrogen) atoms. The van der Waals surface area contributed by atoms with Gasteiger partial charge in [0, 0.05) is 19.0 Å². The molecule has 6 nitrogen and oxygen atoms in total. The van der Waals surface area contributed by atoms with Crippen LogP contribution in [0.15, 0.2) is 24.3 Å². The van der Waals surface area contributed by atoms with E-state index < -0.39 is 24.1 Å². The van der Waals surface area contributed by atoms with Crippen molar-refractivity contribution >= 4 is 17.8 Å². The van der Waals surface area contributed by atoms with Gasteiger partial charge in [-0.25, -0.2) is 9.59 Å². The lowest BCUT2D eigenvalue weighted by Gasteiger charge is -2.35. The summed E-state index contributed by atoms with van der Waals surface area (Å²) in [7, 11) is 0. The maximum Gasteiger partial charge on any atom is 0.348 e. The van der Waals surface area contributed by atoms with Gasteiger partial charge >= 0.3 is 11.9 Å². The van der Waals surface area contributed by atoms with Crippen LogP contribution in [-0.4, -0.2) is 47.5 Å². The summed E-state index contributed by atoms with van der Waals surface area (Å²) in [5.74, 6) is -1.38. The molecule has 0 radical (unpaired) electrons. The fourth-order valence-electron chi connectivity index (χ4n) is 3.98. The number of ether oxygens (including phenoxy) is 2. The topological polar surface area (TPSA) is 72.9 Å². The molecule has 6 heteroatoms. The Hall–Kier alpha value is -2.37. The van der Waals surface area contributed by atoms with E-state index in [0.29, 0.717) is 12.1 Å². The van der Waals surface area contributed by atoms with Crippen LogP contribution >= 0.6 is 0 Å². The first-order chi connectivity index (χ1) is 13.0. The van der Waals surface area contributed by atoms with Crippen LogP contribution in [0, 0.1) is 0 Å². The third-order valence-electron chi connectivity index (χ3n) is 5.43. The van der Waals surface area contributed by atoms with Crippen molar-refractivity contribution in [3.05, 3.63) is 35.4 Å². The molecule has 1 amide bonds. The molecule has 146 valence electrons. The number of likely N-dealkylation sites (N-methyl/N-ethyl adjacent to an activating group) is 1. The van der Waals surface area contributed by atoms with Gasteiger partial charge in [0.1, 0.15) is 0 Å². The lowest BCUT2D eigenvalue weighted by atomic mass is 9.94. The highest BCUT2D eigenvalue weighted by Gasteiger charge is 2.35. The van der Waals surface area contributed by atoms with Crippen LogP contribution in [0.5, 0.6) is 0 Å². The molecule has 0 N–H and O–H groups in total. The monoisotopic (exact) mass is 373 g/mol. The van der Waals surface area contributed by atoms with Gasteiger partial charge in [-0.1, -0.05) is 37.5 Å². The fraction of sp³-hybridized carbons (Fsp3) is 0.571. The second kappa shape index (κ2) is 8.55. The molecule has 0 unspecified atom stereocenters. The average molecular weight is 373 g/mol. The van der Waals surface area contributed by atoms with E-state index in [1.165, 1.54) is 6.42 Å². The van der Waals surface area contributed by atoms with Gasteiger partial charge in [0.25, 0.3) is 5.91 Å². The van der Waals surface area contributed by atoms with Gasteiger partial charge in [0.05, 0.1) is 5.56 Å². The number of benzene rings is 1. The van der Waals surface area contributed by atoms with E-state index in [0.717, 1.165) is 31.2 Å². The summed E-state index contributed by atoms with van der Waals surface area (Å²) in [4.78, 5) is 39.2. The number of hydrogen-bond acceptors (Lipinski definition) is 5. The van der Waals surface area contributed by atoms with E-state index in [1.807, 2.05) is 17.9 Å². The molecule has 0 bridgehead atoms. The van der Waals surface area contributed by atoms with Crippen molar-refractivity contribution in [3.8, 4) is 0 Å². The smallest absolute Gasteiger partial charge is 0.348 e. The second-order valence-corrected chi connectivity index (χ2v) is 7.25. The molecule has 0 spiro atoms. The average Bonchev–Trinajstić information content (AvgIpc) is 2.69. The van der Waals surface area contributed by atoms with E-state index in [1.54, 1.807) is 25.1 Å². The standard InChI is InChI=1S/C21H27NO5/c1-3-22(16-10-5-4-6-11-16)19(23)14(2)26-21(25)18-13-15-9-7-8-12-17(15)20(24)27-18/h7-9,12,14,16,18H,3-6,10-11,13H2,1-2H3/t14-,18-/m1/s1. The first kappa shape index (κ1) is 19.4. The van der Waals surface area contributed by atoms with Crippen molar-refractivity contribution in [2.75, 3.05) is 6.54 Å². The molecule has 1 saturated carbocycles. The van der Waals surface area contributed by atoms with Gasteiger partial charge in [-0.3, -0.25) is 4.79 Å². The third-order valence-corrected chi connectivity index (χ3v) is 5.43. The zero-order valence-corrected chi connectivity index (χ0v) is 16.0. The lowest BCUT2D eigenvalue weighted by Crippen LogP contribution is -2.47. The summed E-state index contributed by atoms with van der Waals surface area (Å²) in [6.07, 6.45) is 3.82. The first-order valence-corrected chi connectivity index (χ1v) is 9.81. The minimum atomic E-state index is -1.01. The number of hydrogen-bond donors (Lipinski definition) is 0. The van der Waals surface area contributed by atoms with Crippen LogP contribution in [0.3, 0.4) is 0 Å². The van der Waals surface area contributed by atoms with E-state index in [4.69, 9.17) is 9.47 Å². The highest BCUT2D eigenvalue weighted by atomic mass is 16.6. The Balaban J connectivity index is 1.61. The molecule has 1 fully saturated rings. The molecule has 0 aromatic heterocycles. The quantitative estimate of drug-likeness (QED) is 0.742. The van der Waals surface area contributed by atoms with E-state index >= 15 is 0 Å². The lowest BCUT2D eigenvalue weighted by molar-refractivity contribution is -0.167. The van der Waals surface area contributed by atoms with Crippen LogP contribution in [0.1, 0.15) is 61.9 Å². The van der Waals surface area contributed by atoms with E-state index in [-0.39, 0.29) is 18.4 Å². The van der Waals surface area contributed by atoms with Gasteiger partial charge in [-0.05, 0) is 38.3 Å². The number of rotatable bonds is 5. The molecule has 1 aromatic rings. The number of esters is 2. The van der Waals surface area contributed by atoms with E-state index in [9.17, 15) is 14.4 Å². The Bertz CT molecular complexity index is 710. The van der Waals surface area contributed by atoms with Crippen LogP contribution < -0.4 is 0 Å². The number of nitrogens with zero attached hydrogens (tertiary/aromatic N) is 1. The Labute approximate surface area is 159 Å². The number of carbonyl (C=O) groups is 3. The molecule has 2 aliphatic rings. The number of fused-ring (bicyclic) bond motifs is 1. The van der Waals surface area contributed by atoms with Crippen LogP contribution in [0.4, 0.5) is 0 Å². The molecule has 1 aliphatic carbocycles. The summed E-state index contributed by atoms with van der Waals surface area (Å²) in [6, 6.07) is 7.26. The van der Waals surface area contributed by atoms with Crippen molar-refractivity contribution in [2.24, 2.45) is 0 Å². The molecule has 1 heterocycles. The Kier molecular flexibility index (Phi) is 6.14. The zero-order valence-electron chi connectivity index (χ0n) is 16.0. The van der Waals surface area contributed by atoms with Crippen molar-refractivity contribution in [2.45, 2.75) is 70.6 Å². The second-order valence-electron chi connectivity index (χ2n) is 7.25. The minimum Gasteiger partial charge on any atom is -0.450 e. The molecular formula is C21H27NO5. The van der Waals surface area contributed by atoms with Gasteiger partial charge in [0.2, 0.25) is 6.10 Å². The molecule has 0 saturated heterocycles. The summed E-state index contributed by atoms with van der Waals surface area (Å²) < 4.78 is 10.6. The van der Waals surface area contributed by atoms with E-state index in [2.05, 4.69) is 0 Å². The van der Waals surface area contributed by atoms with Crippen molar-refractivity contribution < 1.29 is 23.9 Å². The maximum atomic E-state index is 12.8. The van der Waals surface area contributed by atoms with Crippen molar-refractivity contribution in [1.82, 2.24) is 4.90 Å². The minimum absolute atomic E-state index is 0.180. The summed E-state index contributed by atoms with van der Waals surface area (Å²) >= 11 is 0. The summed E-state index contributed by atoms with van der Waals surface area (Å²) in [6.45, 7) is 4.13. The van der Waals surface area contributed by atoms with Crippen LogP contribution in [0.2, 0.25) is 0 Å². The van der Waals surface area contributed by atoms with Crippen LogP contribution in [-0.2, 0) is 25.5 Å². The van der Waals surface area contributed by atoms with Gasteiger partial charge in [0.15, 0.2) is 6.10 Å². The maximum absolute atomic E-state index is 12.8. The van der Waals surface area contributed by atoms with Crippen LogP contribution in [0.25, 0.3) is 0 Å².